The molecule has 5 heteroatoms. The molecule has 0 aromatic heterocycles. The monoisotopic (exact) mass is 388 g/mol. The zero-order valence-corrected chi connectivity index (χ0v) is 17.3. The van der Waals surface area contributed by atoms with E-state index < -0.39 is 23.4 Å². The Labute approximate surface area is 166 Å². The van der Waals surface area contributed by atoms with Gasteiger partial charge in [0.1, 0.15) is 18.0 Å². The van der Waals surface area contributed by atoms with Crippen molar-refractivity contribution in [2.24, 2.45) is 40.4 Å². The number of ketones is 3. The standard InChI is InChI=1S/C23H32O5/c1-12-7-15-17-8-13(2)23(28,19(27)11-24)22(17,4)10-18(26)20(15)21(3)6-5-14(25)9-16(12)21/h9,12-13,15,17,20,24,28H,5-8,10-11H2,1-4H3/t12?,13-,15?,17?,20-,21+,22+,23+/m1/s1. The van der Waals surface area contributed by atoms with Crippen molar-refractivity contribution in [3.05, 3.63) is 11.6 Å². The maximum atomic E-state index is 13.5. The fraction of sp³-hybridized carbons (Fsp3) is 0.783. The number of hydrogen-bond donors (Lipinski definition) is 2. The summed E-state index contributed by atoms with van der Waals surface area (Å²) in [6.07, 6.45) is 4.63. The molecule has 5 nitrogen and oxygen atoms in total. The third-order valence-electron chi connectivity index (χ3n) is 9.12. The number of allylic oxidation sites excluding steroid dienone is 1. The van der Waals surface area contributed by atoms with Gasteiger partial charge in [-0.05, 0) is 54.4 Å². The van der Waals surface area contributed by atoms with Crippen molar-refractivity contribution < 1.29 is 24.6 Å². The van der Waals surface area contributed by atoms with Crippen LogP contribution < -0.4 is 0 Å². The van der Waals surface area contributed by atoms with E-state index in [1.807, 2.05) is 13.8 Å². The number of aliphatic hydroxyl groups excluding tert-OH is 1. The van der Waals surface area contributed by atoms with Crippen molar-refractivity contribution in [2.75, 3.05) is 6.61 Å². The third kappa shape index (κ3) is 2.23. The van der Waals surface area contributed by atoms with E-state index in [0.717, 1.165) is 12.0 Å². The summed E-state index contributed by atoms with van der Waals surface area (Å²) in [6.45, 7) is 7.33. The molecule has 0 bridgehead atoms. The summed E-state index contributed by atoms with van der Waals surface area (Å²) in [5.74, 6) is -0.372. The van der Waals surface area contributed by atoms with Gasteiger partial charge in [0.25, 0.3) is 0 Å². The number of carbonyl (C=O) groups excluding carboxylic acids is 3. The number of fused-ring (bicyclic) bond motifs is 5. The molecule has 8 atom stereocenters. The van der Waals surface area contributed by atoms with Gasteiger partial charge in [-0.1, -0.05) is 33.3 Å². The Morgan fingerprint density at radius 1 is 1.21 bits per heavy atom. The molecule has 3 saturated carbocycles. The zero-order valence-electron chi connectivity index (χ0n) is 17.3. The lowest BCUT2D eigenvalue weighted by molar-refractivity contribution is -0.175. The number of rotatable bonds is 2. The van der Waals surface area contributed by atoms with Crippen molar-refractivity contribution in [1.29, 1.82) is 0 Å². The van der Waals surface area contributed by atoms with E-state index in [1.165, 1.54) is 0 Å². The van der Waals surface area contributed by atoms with Crippen molar-refractivity contribution >= 4 is 17.3 Å². The van der Waals surface area contributed by atoms with Crippen LogP contribution in [0.15, 0.2) is 11.6 Å². The molecule has 2 N–H and O–H groups in total. The van der Waals surface area contributed by atoms with Crippen LogP contribution >= 0.6 is 0 Å². The first-order chi connectivity index (χ1) is 13.0. The first-order valence-corrected chi connectivity index (χ1v) is 10.6. The largest absolute Gasteiger partial charge is 0.388 e. The fourth-order valence-corrected chi connectivity index (χ4v) is 7.87. The van der Waals surface area contributed by atoms with Crippen LogP contribution in [-0.2, 0) is 14.4 Å². The Morgan fingerprint density at radius 2 is 1.89 bits per heavy atom. The van der Waals surface area contributed by atoms with Crippen LogP contribution in [0.5, 0.6) is 0 Å². The third-order valence-corrected chi connectivity index (χ3v) is 9.12. The number of hydrogen-bond acceptors (Lipinski definition) is 5. The molecule has 0 amide bonds. The summed E-state index contributed by atoms with van der Waals surface area (Å²) in [6, 6.07) is 0. The van der Waals surface area contributed by atoms with Crippen molar-refractivity contribution in [1.82, 2.24) is 0 Å². The Bertz CT molecular complexity index is 784. The molecule has 0 spiro atoms. The summed E-state index contributed by atoms with van der Waals surface area (Å²) in [5, 5.41) is 21.0. The second kappa shape index (κ2) is 6.09. The van der Waals surface area contributed by atoms with Gasteiger partial charge in [0.05, 0.1) is 0 Å². The van der Waals surface area contributed by atoms with E-state index in [1.54, 1.807) is 6.08 Å². The minimum absolute atomic E-state index is 0.0594. The van der Waals surface area contributed by atoms with Gasteiger partial charge in [-0.25, -0.2) is 0 Å². The van der Waals surface area contributed by atoms with Gasteiger partial charge in [0.15, 0.2) is 11.6 Å². The summed E-state index contributed by atoms with van der Waals surface area (Å²) >= 11 is 0. The van der Waals surface area contributed by atoms with Gasteiger partial charge >= 0.3 is 0 Å². The molecule has 0 radical (unpaired) electrons. The smallest absolute Gasteiger partial charge is 0.190 e. The van der Waals surface area contributed by atoms with E-state index >= 15 is 0 Å². The number of carbonyl (C=O) groups is 3. The summed E-state index contributed by atoms with van der Waals surface area (Å²) in [7, 11) is 0. The predicted octanol–water partition coefficient (Wildman–Crippen LogP) is 2.48. The lowest BCUT2D eigenvalue weighted by Crippen LogP contribution is -2.62. The van der Waals surface area contributed by atoms with E-state index in [0.29, 0.717) is 19.3 Å². The Kier molecular flexibility index (Phi) is 4.34. The maximum absolute atomic E-state index is 13.5. The van der Waals surface area contributed by atoms with Crippen LogP contribution in [0, 0.1) is 40.4 Å². The highest BCUT2D eigenvalue weighted by molar-refractivity contribution is 5.94. The molecule has 0 saturated heterocycles. The highest BCUT2D eigenvalue weighted by Crippen LogP contribution is 2.68. The first-order valence-electron chi connectivity index (χ1n) is 10.6. The van der Waals surface area contributed by atoms with Crippen LogP contribution in [0.1, 0.15) is 59.8 Å². The molecular formula is C23H32O5. The van der Waals surface area contributed by atoms with E-state index in [-0.39, 0.29) is 53.0 Å². The lowest BCUT2D eigenvalue weighted by atomic mass is 9.44. The Balaban J connectivity index is 1.81. The van der Waals surface area contributed by atoms with Crippen LogP contribution in [-0.4, -0.2) is 39.8 Å². The molecule has 0 heterocycles. The molecule has 28 heavy (non-hydrogen) atoms. The number of Topliss-reactive ketones (excluding diaryl/α,β-unsaturated/α-hetero) is 2. The molecule has 4 rings (SSSR count). The highest BCUT2D eigenvalue weighted by Gasteiger charge is 2.71. The van der Waals surface area contributed by atoms with Crippen molar-refractivity contribution in [2.45, 2.75) is 65.4 Å². The molecule has 3 fully saturated rings. The summed E-state index contributed by atoms with van der Waals surface area (Å²) in [4.78, 5) is 38.2. The van der Waals surface area contributed by atoms with E-state index in [4.69, 9.17) is 0 Å². The normalized spacial score (nSPS) is 50.5. The van der Waals surface area contributed by atoms with Crippen LogP contribution in [0.25, 0.3) is 0 Å². The SMILES string of the molecule is CC1CC2C3C[C@@H](C)[C@](O)(C(=O)CO)[C@@]3(C)CC(=O)[C@@H]2[C@@]2(C)CCC(=O)C=C12. The van der Waals surface area contributed by atoms with Crippen LogP contribution in [0.4, 0.5) is 0 Å². The topological polar surface area (TPSA) is 91.7 Å². The quantitative estimate of drug-likeness (QED) is 0.758. The summed E-state index contributed by atoms with van der Waals surface area (Å²) < 4.78 is 0. The second-order valence-corrected chi connectivity index (χ2v) is 10.4. The molecule has 0 aliphatic heterocycles. The average molecular weight is 389 g/mol. The zero-order chi connectivity index (χ0) is 20.6. The van der Waals surface area contributed by atoms with Gasteiger partial charge < -0.3 is 10.2 Å². The molecule has 4 aliphatic rings. The second-order valence-electron chi connectivity index (χ2n) is 10.4. The van der Waals surface area contributed by atoms with Crippen LogP contribution in [0.2, 0.25) is 0 Å². The Hall–Kier alpha value is -1.33. The van der Waals surface area contributed by atoms with Gasteiger partial charge in [-0.2, -0.15) is 0 Å². The average Bonchev–Trinajstić information content (AvgIpc) is 2.83. The fourth-order valence-electron chi connectivity index (χ4n) is 7.87. The highest BCUT2D eigenvalue weighted by atomic mass is 16.3. The molecule has 4 aliphatic carbocycles. The number of aliphatic hydroxyl groups is 2. The van der Waals surface area contributed by atoms with Crippen LogP contribution in [0.3, 0.4) is 0 Å². The maximum Gasteiger partial charge on any atom is 0.190 e. The summed E-state index contributed by atoms with van der Waals surface area (Å²) in [5.41, 5.74) is -1.68. The minimum Gasteiger partial charge on any atom is -0.388 e. The van der Waals surface area contributed by atoms with E-state index in [9.17, 15) is 24.6 Å². The molecule has 0 aromatic carbocycles. The van der Waals surface area contributed by atoms with Crippen molar-refractivity contribution in [3.63, 3.8) is 0 Å². The minimum atomic E-state index is -1.66. The molecule has 0 aromatic rings. The predicted molar refractivity (Wildman–Crippen MR) is 103 cm³/mol. The van der Waals surface area contributed by atoms with E-state index in [2.05, 4.69) is 13.8 Å². The van der Waals surface area contributed by atoms with Gasteiger partial charge in [0.2, 0.25) is 0 Å². The van der Waals surface area contributed by atoms with Gasteiger partial charge in [0, 0.05) is 24.2 Å². The first kappa shape index (κ1) is 20.0. The van der Waals surface area contributed by atoms with Gasteiger partial charge in [-0.3, -0.25) is 14.4 Å². The Morgan fingerprint density at radius 3 is 2.54 bits per heavy atom. The molecule has 3 unspecified atom stereocenters. The molecule has 154 valence electrons. The lowest BCUT2D eigenvalue weighted by Gasteiger charge is -2.59. The van der Waals surface area contributed by atoms with Gasteiger partial charge in [-0.15, -0.1) is 0 Å². The van der Waals surface area contributed by atoms with Crippen molar-refractivity contribution in [3.8, 4) is 0 Å². The molecular weight excluding hydrogens is 356 g/mol.